The van der Waals surface area contributed by atoms with Crippen molar-refractivity contribution in [1.29, 1.82) is 0 Å². The molecule has 2 aliphatic rings. The fourth-order valence-electron chi connectivity index (χ4n) is 5.18. The Labute approximate surface area is 240 Å². The SMILES string of the molecule is CCn1cc(C(=O)NN2C(=O)CSC2c2cc(OC)c(OC)c(OC)c2)c(=O)c2cc(F)c(N3CCNCC3)cc21. The van der Waals surface area contributed by atoms with Gasteiger partial charge in [-0.15, -0.1) is 11.8 Å². The molecule has 0 bridgehead atoms. The van der Waals surface area contributed by atoms with Gasteiger partial charge in [-0.1, -0.05) is 0 Å². The van der Waals surface area contributed by atoms with Crippen molar-refractivity contribution in [2.75, 3.05) is 58.2 Å². The van der Waals surface area contributed by atoms with Crippen LogP contribution >= 0.6 is 11.8 Å². The maximum absolute atomic E-state index is 15.3. The molecule has 2 amide bonds. The van der Waals surface area contributed by atoms with E-state index in [-0.39, 0.29) is 22.6 Å². The Hall–Kier alpha value is -3.97. The Morgan fingerprint density at radius 3 is 2.37 bits per heavy atom. The number of benzene rings is 2. The molecule has 2 aliphatic heterocycles. The first-order chi connectivity index (χ1) is 19.8. The molecule has 3 aromatic rings. The summed E-state index contributed by atoms with van der Waals surface area (Å²) in [5.74, 6) is -0.327. The summed E-state index contributed by atoms with van der Waals surface area (Å²) in [5.41, 5.74) is 3.40. The van der Waals surface area contributed by atoms with Crippen molar-refractivity contribution in [3.05, 3.63) is 57.6 Å². The number of methoxy groups -OCH3 is 3. The van der Waals surface area contributed by atoms with Crippen LogP contribution in [0.4, 0.5) is 10.1 Å². The van der Waals surface area contributed by atoms with Crippen LogP contribution in [0.2, 0.25) is 0 Å². The molecule has 0 aliphatic carbocycles. The quantitative estimate of drug-likeness (QED) is 0.412. The summed E-state index contributed by atoms with van der Waals surface area (Å²) in [5, 5.41) is 3.92. The van der Waals surface area contributed by atoms with Gasteiger partial charge in [0.1, 0.15) is 16.8 Å². The number of thioether (sulfide) groups is 1. The molecule has 0 spiro atoms. The molecule has 1 unspecified atom stereocenters. The topological polar surface area (TPSA) is 114 Å². The van der Waals surface area contributed by atoms with Gasteiger partial charge in [0.05, 0.1) is 38.3 Å². The molecule has 2 saturated heterocycles. The Morgan fingerprint density at radius 1 is 1.07 bits per heavy atom. The van der Waals surface area contributed by atoms with Crippen LogP contribution in [0, 0.1) is 5.82 Å². The second-order valence-corrected chi connectivity index (χ2v) is 10.6. The van der Waals surface area contributed by atoms with E-state index in [9.17, 15) is 14.4 Å². The van der Waals surface area contributed by atoms with Gasteiger partial charge in [-0.3, -0.25) is 19.8 Å². The Morgan fingerprint density at radius 2 is 1.76 bits per heavy atom. The van der Waals surface area contributed by atoms with E-state index >= 15 is 4.39 Å². The molecule has 13 heteroatoms. The van der Waals surface area contributed by atoms with Crippen molar-refractivity contribution >= 4 is 40.2 Å². The van der Waals surface area contributed by atoms with Crippen LogP contribution in [-0.4, -0.2) is 74.7 Å². The largest absolute Gasteiger partial charge is 0.493 e. The number of fused-ring (bicyclic) bond motifs is 1. The summed E-state index contributed by atoms with van der Waals surface area (Å²) < 4.78 is 33.3. The molecule has 0 radical (unpaired) electrons. The van der Waals surface area contributed by atoms with Gasteiger partial charge in [-0.05, 0) is 36.8 Å². The minimum absolute atomic E-state index is 0.0965. The zero-order chi connectivity index (χ0) is 29.3. The third-order valence-electron chi connectivity index (χ3n) is 7.25. The normalized spacial score (nSPS) is 17.2. The molecule has 11 nitrogen and oxygen atoms in total. The maximum Gasteiger partial charge on any atom is 0.275 e. The second-order valence-electron chi connectivity index (χ2n) is 9.54. The number of halogens is 1. The number of aryl methyl sites for hydroxylation is 1. The van der Waals surface area contributed by atoms with Crippen LogP contribution in [0.3, 0.4) is 0 Å². The summed E-state index contributed by atoms with van der Waals surface area (Å²) in [7, 11) is 4.47. The fraction of sp³-hybridized carbons (Fsp3) is 0.393. The summed E-state index contributed by atoms with van der Waals surface area (Å²) >= 11 is 1.30. The van der Waals surface area contributed by atoms with E-state index in [0.29, 0.717) is 53.7 Å². The van der Waals surface area contributed by atoms with E-state index in [0.717, 1.165) is 13.1 Å². The third-order valence-corrected chi connectivity index (χ3v) is 8.47. The number of hydrogen-bond acceptors (Lipinski definition) is 9. The second kappa shape index (κ2) is 11.9. The van der Waals surface area contributed by atoms with E-state index in [2.05, 4.69) is 10.7 Å². The molecule has 41 heavy (non-hydrogen) atoms. The van der Waals surface area contributed by atoms with E-state index in [1.807, 2.05) is 11.8 Å². The van der Waals surface area contributed by atoms with Crippen LogP contribution in [0.1, 0.15) is 28.2 Å². The molecule has 218 valence electrons. The summed E-state index contributed by atoms with van der Waals surface area (Å²) in [6.07, 6.45) is 1.46. The van der Waals surface area contributed by atoms with Crippen LogP contribution in [0.25, 0.3) is 10.9 Å². The predicted octanol–water partition coefficient (Wildman–Crippen LogP) is 2.51. The number of nitrogens with zero attached hydrogens (tertiary/aromatic N) is 3. The zero-order valence-corrected chi connectivity index (χ0v) is 24.1. The molecule has 3 heterocycles. The molecule has 1 atom stereocenters. The first-order valence-corrected chi connectivity index (χ1v) is 14.2. The Bertz CT molecular complexity index is 1530. The lowest BCUT2D eigenvalue weighted by Crippen LogP contribution is -2.46. The zero-order valence-electron chi connectivity index (χ0n) is 23.3. The number of pyridine rings is 1. The minimum atomic E-state index is -0.765. The number of anilines is 1. The monoisotopic (exact) mass is 585 g/mol. The van der Waals surface area contributed by atoms with Gasteiger partial charge in [0, 0.05) is 44.3 Å². The first kappa shape index (κ1) is 28.6. The molecule has 5 rings (SSSR count). The number of nitrogens with one attached hydrogen (secondary N) is 2. The number of carbonyl (C=O) groups excluding carboxylic acids is 2. The lowest BCUT2D eigenvalue weighted by molar-refractivity contribution is -0.130. The summed E-state index contributed by atoms with van der Waals surface area (Å²) in [4.78, 5) is 41.8. The van der Waals surface area contributed by atoms with Crippen molar-refractivity contribution in [3.8, 4) is 17.2 Å². The highest BCUT2D eigenvalue weighted by molar-refractivity contribution is 8.00. The fourth-order valence-corrected chi connectivity index (χ4v) is 6.26. The lowest BCUT2D eigenvalue weighted by atomic mass is 10.1. The van der Waals surface area contributed by atoms with Gasteiger partial charge in [-0.25, -0.2) is 9.40 Å². The summed E-state index contributed by atoms with van der Waals surface area (Å²) in [6, 6.07) is 6.28. The smallest absolute Gasteiger partial charge is 0.275 e. The molecule has 1 aromatic heterocycles. The van der Waals surface area contributed by atoms with Crippen molar-refractivity contribution in [2.45, 2.75) is 18.8 Å². The molecule has 2 fully saturated rings. The number of ether oxygens (including phenoxy) is 3. The van der Waals surface area contributed by atoms with E-state index in [4.69, 9.17) is 14.2 Å². The van der Waals surface area contributed by atoms with Gasteiger partial charge in [-0.2, -0.15) is 0 Å². The highest BCUT2D eigenvalue weighted by Gasteiger charge is 2.36. The number of rotatable bonds is 8. The highest BCUT2D eigenvalue weighted by atomic mass is 32.2. The van der Waals surface area contributed by atoms with Gasteiger partial charge in [0.2, 0.25) is 11.2 Å². The maximum atomic E-state index is 15.3. The molecular formula is C28H32FN5O6S. The van der Waals surface area contributed by atoms with Crippen molar-refractivity contribution in [3.63, 3.8) is 0 Å². The Balaban J connectivity index is 1.49. The van der Waals surface area contributed by atoms with Gasteiger partial charge >= 0.3 is 0 Å². The number of carbonyl (C=O) groups is 2. The number of aromatic nitrogens is 1. The average molecular weight is 586 g/mol. The average Bonchev–Trinajstić information content (AvgIpc) is 3.36. The van der Waals surface area contributed by atoms with Gasteiger partial charge < -0.3 is 29.0 Å². The van der Waals surface area contributed by atoms with Crippen molar-refractivity contribution < 1.29 is 28.2 Å². The van der Waals surface area contributed by atoms with E-state index < -0.39 is 22.5 Å². The molecule has 2 aromatic carbocycles. The van der Waals surface area contributed by atoms with E-state index in [1.165, 1.54) is 50.4 Å². The lowest BCUT2D eigenvalue weighted by Gasteiger charge is -2.30. The highest BCUT2D eigenvalue weighted by Crippen LogP contribution is 2.45. The standard InChI is InChI=1S/C28H32FN5O6S/c1-5-32-14-18(25(36)17-12-19(29)21(13-20(17)32)33-8-6-30-7-9-33)27(37)31-34-24(35)15-41-28(34)16-10-22(38-2)26(40-4)23(11-16)39-3/h10-14,28,30H,5-9,15H2,1-4H3,(H,31,37). The summed E-state index contributed by atoms with van der Waals surface area (Å²) in [6.45, 7) is 5.09. The Kier molecular flexibility index (Phi) is 8.27. The van der Waals surface area contributed by atoms with Crippen molar-refractivity contribution in [1.82, 2.24) is 20.3 Å². The number of piperazine rings is 1. The van der Waals surface area contributed by atoms with Gasteiger partial charge in [0.25, 0.3) is 11.8 Å². The number of amides is 2. The van der Waals surface area contributed by atoms with Crippen LogP contribution in [0.5, 0.6) is 17.2 Å². The minimum Gasteiger partial charge on any atom is -0.493 e. The van der Waals surface area contributed by atoms with Crippen molar-refractivity contribution in [2.24, 2.45) is 0 Å². The van der Waals surface area contributed by atoms with Crippen LogP contribution in [0.15, 0.2) is 35.3 Å². The molecule has 0 saturated carbocycles. The van der Waals surface area contributed by atoms with E-state index in [1.54, 1.807) is 22.8 Å². The van der Waals surface area contributed by atoms with Gasteiger partial charge in [0.15, 0.2) is 11.5 Å². The predicted molar refractivity (Wildman–Crippen MR) is 155 cm³/mol. The number of hydrazine groups is 1. The number of hydrogen-bond donors (Lipinski definition) is 2. The third kappa shape index (κ3) is 5.26. The molecule has 2 N–H and O–H groups in total. The van der Waals surface area contributed by atoms with Crippen LogP contribution < -0.4 is 35.3 Å². The molecular weight excluding hydrogens is 553 g/mol. The van der Waals surface area contributed by atoms with Crippen LogP contribution in [-0.2, 0) is 11.3 Å². The first-order valence-electron chi connectivity index (χ1n) is 13.2.